The zero-order valence-corrected chi connectivity index (χ0v) is 20.3. The van der Waals surface area contributed by atoms with Crippen LogP contribution in [0.2, 0.25) is 0 Å². The van der Waals surface area contributed by atoms with Gasteiger partial charge in [-0.3, -0.25) is 14.8 Å². The van der Waals surface area contributed by atoms with Gasteiger partial charge >= 0.3 is 0 Å². The van der Waals surface area contributed by atoms with Crippen LogP contribution in [0.3, 0.4) is 0 Å². The second-order valence-electron chi connectivity index (χ2n) is 8.97. The van der Waals surface area contributed by atoms with Crippen LogP contribution in [-0.2, 0) is 7.05 Å². The Labute approximate surface area is 217 Å². The fraction of sp³-hybridized carbons (Fsp3) is 0.103. The third kappa shape index (κ3) is 4.40. The molecule has 0 fully saturated rings. The molecule has 0 bridgehead atoms. The summed E-state index contributed by atoms with van der Waals surface area (Å²) in [5.74, 6) is -1.06. The first kappa shape index (κ1) is 24.8. The van der Waals surface area contributed by atoms with Crippen molar-refractivity contribution in [2.45, 2.75) is 12.5 Å². The number of Topliss-reactive ketones (excluding diaryl/α,β-unsaturated/α-hetero) is 1. The zero-order chi connectivity index (χ0) is 27.0. The molecule has 0 aliphatic heterocycles. The molecule has 192 valence electrons. The number of nitrogens with one attached hydrogen (secondary N) is 1. The van der Waals surface area contributed by atoms with E-state index in [0.29, 0.717) is 27.5 Å². The molecule has 1 aromatic heterocycles. The van der Waals surface area contributed by atoms with Crippen molar-refractivity contribution < 1.29 is 20.2 Å². The molecule has 0 unspecified atom stereocenters. The van der Waals surface area contributed by atoms with Gasteiger partial charge in [0, 0.05) is 30.1 Å². The van der Waals surface area contributed by atoms with Gasteiger partial charge in [0.05, 0.1) is 17.2 Å². The van der Waals surface area contributed by atoms with Crippen molar-refractivity contribution in [3.63, 3.8) is 0 Å². The summed E-state index contributed by atoms with van der Waals surface area (Å²) in [6.45, 7) is 0. The number of aromatic nitrogens is 1. The largest absolute Gasteiger partial charge is 0.733 e. The lowest BCUT2D eigenvalue weighted by molar-refractivity contribution is 0.0972. The summed E-state index contributed by atoms with van der Waals surface area (Å²) in [6, 6.07) is 22.5. The minimum absolute atomic E-state index is 0.0146. The summed E-state index contributed by atoms with van der Waals surface area (Å²) in [7, 11) is 1.54. The fourth-order valence-corrected chi connectivity index (χ4v) is 4.78. The maximum atomic E-state index is 13.7. The SMILES string of the molecule is Cn1c(=O)c(C(=O)C[C@@H](Nc2ccc(N([O-])O)cc2)c2c(O)ccc3ccccc23)c(O)c2ccccc21. The van der Waals surface area contributed by atoms with Gasteiger partial charge in [-0.25, -0.2) is 0 Å². The van der Waals surface area contributed by atoms with Crippen LogP contribution in [-0.4, -0.2) is 25.8 Å². The van der Waals surface area contributed by atoms with Crippen molar-refractivity contribution in [1.82, 2.24) is 4.57 Å². The molecule has 0 radical (unpaired) electrons. The molecule has 5 aromatic rings. The number of hydrogen-bond acceptors (Lipinski definition) is 8. The van der Waals surface area contributed by atoms with Gasteiger partial charge in [0.25, 0.3) is 5.56 Å². The Kier molecular flexibility index (Phi) is 6.46. The number of ketones is 1. The summed E-state index contributed by atoms with van der Waals surface area (Å²) in [4.78, 5) is 26.8. The smallest absolute Gasteiger partial charge is 0.265 e. The first-order valence-electron chi connectivity index (χ1n) is 11.8. The standard InChI is InChI=1S/C29H24N3O6/c1-31-23-9-5-4-8-21(23)28(35)27(29(31)36)25(34)16-22(30-18-11-13-19(14-12-18)32(37)38)26-20-7-3-2-6-17(20)10-15-24(26)33/h2-15,22,30,33,35,37H,16H2,1H3/q-1/t22-/m1/s1. The molecule has 38 heavy (non-hydrogen) atoms. The number of aromatic hydroxyl groups is 2. The number of phenols is 1. The highest BCUT2D eigenvalue weighted by Gasteiger charge is 2.27. The third-order valence-corrected chi connectivity index (χ3v) is 6.67. The number of para-hydroxylation sites is 1. The van der Waals surface area contributed by atoms with E-state index >= 15 is 0 Å². The van der Waals surface area contributed by atoms with Crippen LogP contribution in [0.1, 0.15) is 28.4 Å². The second kappa shape index (κ2) is 9.89. The van der Waals surface area contributed by atoms with Gasteiger partial charge in [-0.05, 0) is 53.2 Å². The van der Waals surface area contributed by atoms with Gasteiger partial charge < -0.3 is 30.5 Å². The summed E-state index contributed by atoms with van der Waals surface area (Å²) in [6.07, 6.45) is -0.280. The quantitative estimate of drug-likeness (QED) is 0.173. The van der Waals surface area contributed by atoms with E-state index in [0.717, 1.165) is 5.39 Å². The highest BCUT2D eigenvalue weighted by Crippen LogP contribution is 2.37. The predicted octanol–water partition coefficient (Wildman–Crippen LogP) is 5.22. The number of phenolic OH excluding ortho intramolecular Hbond substituents is 1. The molecule has 1 atom stereocenters. The number of rotatable bonds is 7. The molecule has 0 aliphatic carbocycles. The first-order valence-corrected chi connectivity index (χ1v) is 11.8. The lowest BCUT2D eigenvalue weighted by Gasteiger charge is -2.24. The molecule has 5 rings (SSSR count). The van der Waals surface area contributed by atoms with Crippen LogP contribution in [0.5, 0.6) is 11.5 Å². The Hall–Kier alpha value is -4.86. The zero-order valence-electron chi connectivity index (χ0n) is 20.3. The molecule has 0 spiro atoms. The van der Waals surface area contributed by atoms with Crippen LogP contribution in [0.15, 0.2) is 89.7 Å². The van der Waals surface area contributed by atoms with Gasteiger partial charge in [0.15, 0.2) is 5.78 Å². The Bertz CT molecular complexity index is 1730. The Morgan fingerprint density at radius 2 is 1.61 bits per heavy atom. The first-order chi connectivity index (χ1) is 18.3. The number of nitrogens with zero attached hydrogens (tertiary/aromatic N) is 2. The average Bonchev–Trinajstić information content (AvgIpc) is 2.92. The van der Waals surface area contributed by atoms with Gasteiger partial charge in [-0.15, -0.1) is 0 Å². The van der Waals surface area contributed by atoms with Crippen molar-refractivity contribution in [2.75, 3.05) is 10.5 Å². The number of aryl methyl sites for hydroxylation is 1. The molecule has 4 N–H and O–H groups in total. The van der Waals surface area contributed by atoms with Crippen molar-refractivity contribution in [3.05, 3.63) is 112 Å². The summed E-state index contributed by atoms with van der Waals surface area (Å²) < 4.78 is 1.32. The van der Waals surface area contributed by atoms with E-state index in [1.165, 1.54) is 29.8 Å². The molecule has 1 heterocycles. The summed E-state index contributed by atoms with van der Waals surface area (Å²) in [5.41, 5.74) is 0.469. The maximum Gasteiger partial charge on any atom is 0.265 e. The molecule has 9 heteroatoms. The van der Waals surface area contributed by atoms with E-state index in [1.807, 2.05) is 24.3 Å². The number of fused-ring (bicyclic) bond motifs is 2. The van der Waals surface area contributed by atoms with Crippen LogP contribution in [0, 0.1) is 5.21 Å². The highest BCUT2D eigenvalue weighted by molar-refractivity contribution is 6.04. The van der Waals surface area contributed by atoms with E-state index in [2.05, 4.69) is 5.32 Å². The third-order valence-electron chi connectivity index (χ3n) is 6.67. The Balaban J connectivity index is 1.62. The molecule has 0 aliphatic rings. The Morgan fingerprint density at radius 1 is 0.947 bits per heavy atom. The molecular weight excluding hydrogens is 486 g/mol. The minimum Gasteiger partial charge on any atom is -0.733 e. The number of carbonyl (C=O) groups is 1. The number of pyridine rings is 1. The minimum atomic E-state index is -0.826. The molecule has 9 nitrogen and oxygen atoms in total. The van der Waals surface area contributed by atoms with E-state index in [1.54, 1.807) is 42.5 Å². The average molecular weight is 511 g/mol. The molecule has 4 aromatic carbocycles. The molecule has 0 amide bonds. The Morgan fingerprint density at radius 3 is 2.32 bits per heavy atom. The van der Waals surface area contributed by atoms with Crippen LogP contribution >= 0.6 is 0 Å². The van der Waals surface area contributed by atoms with Crippen molar-refractivity contribution in [3.8, 4) is 11.5 Å². The lowest BCUT2D eigenvalue weighted by Crippen LogP contribution is -2.27. The van der Waals surface area contributed by atoms with Crippen molar-refractivity contribution in [2.24, 2.45) is 7.05 Å². The lowest BCUT2D eigenvalue weighted by atomic mass is 9.92. The summed E-state index contributed by atoms with van der Waals surface area (Å²) >= 11 is 0. The second-order valence-corrected chi connectivity index (χ2v) is 8.97. The highest BCUT2D eigenvalue weighted by atomic mass is 16.8. The van der Waals surface area contributed by atoms with Gasteiger partial charge in [0.1, 0.15) is 17.1 Å². The number of hydrogen-bond donors (Lipinski definition) is 4. The van der Waals surface area contributed by atoms with Crippen LogP contribution < -0.4 is 16.1 Å². The number of anilines is 2. The van der Waals surface area contributed by atoms with Gasteiger partial charge in [0.2, 0.25) is 0 Å². The van der Waals surface area contributed by atoms with E-state index in [9.17, 15) is 25.0 Å². The summed E-state index contributed by atoms with van der Waals surface area (Å²) in [5, 5.41) is 47.1. The molecular formula is C29H24N3O6-. The molecule has 0 saturated heterocycles. The molecule has 0 saturated carbocycles. The monoisotopic (exact) mass is 510 g/mol. The van der Waals surface area contributed by atoms with E-state index in [4.69, 9.17) is 5.21 Å². The van der Waals surface area contributed by atoms with Crippen LogP contribution in [0.25, 0.3) is 21.7 Å². The number of benzene rings is 4. The van der Waals surface area contributed by atoms with Gasteiger partial charge in [-0.2, -0.15) is 0 Å². The van der Waals surface area contributed by atoms with Crippen molar-refractivity contribution in [1.29, 1.82) is 0 Å². The van der Waals surface area contributed by atoms with Crippen LogP contribution in [0.4, 0.5) is 11.4 Å². The normalized spacial score (nSPS) is 12.0. The van der Waals surface area contributed by atoms with E-state index < -0.39 is 23.1 Å². The fourth-order valence-electron chi connectivity index (χ4n) is 4.78. The van der Waals surface area contributed by atoms with Gasteiger partial charge in [-0.1, -0.05) is 42.5 Å². The van der Waals surface area contributed by atoms with Crippen molar-refractivity contribution >= 4 is 38.8 Å². The topological polar surface area (TPSA) is 138 Å². The number of carbonyl (C=O) groups excluding carboxylic acids is 1. The predicted molar refractivity (Wildman–Crippen MR) is 146 cm³/mol. The maximum absolute atomic E-state index is 13.7. The van der Waals surface area contributed by atoms with E-state index in [-0.39, 0.29) is 28.6 Å².